The third kappa shape index (κ3) is 6.28. The molecular weight excluding hydrogens is 324 g/mol. The molecule has 0 unspecified atom stereocenters. The lowest BCUT2D eigenvalue weighted by Gasteiger charge is -2.22. The molecule has 0 N–H and O–H groups in total. The Labute approximate surface area is 158 Å². The molecule has 2 heterocycles. The van der Waals surface area contributed by atoms with Crippen LogP contribution in [0.1, 0.15) is 11.4 Å². The zero-order chi connectivity index (χ0) is 19.1. The van der Waals surface area contributed by atoms with Crippen LogP contribution in [0.25, 0.3) is 0 Å². The van der Waals surface area contributed by atoms with Crippen LogP contribution in [0.3, 0.4) is 0 Å². The van der Waals surface area contributed by atoms with Gasteiger partial charge in [0.05, 0.1) is 11.4 Å². The van der Waals surface area contributed by atoms with Crippen LogP contribution in [0.5, 0.6) is 0 Å². The Balaban J connectivity index is 1.82. The van der Waals surface area contributed by atoms with Crippen LogP contribution in [0.4, 0.5) is 11.6 Å². The highest BCUT2D eigenvalue weighted by Crippen LogP contribution is 2.11. The standard InChI is InChI=1S/C20H32N6/c1-23(2)19-11-7-9-17(21-19)15-25(5)13-14-26(6)16-18-10-8-12-20(22-18)24(3)4/h7-12H,13-16H2,1-6H3. The average molecular weight is 357 g/mol. The van der Waals surface area contributed by atoms with Crippen LogP contribution in [0.2, 0.25) is 0 Å². The maximum absolute atomic E-state index is 4.69. The molecule has 0 fully saturated rings. The Kier molecular flexibility index (Phi) is 7.36. The summed E-state index contributed by atoms with van der Waals surface area (Å²) in [6.07, 6.45) is 0. The molecule has 0 saturated carbocycles. The summed E-state index contributed by atoms with van der Waals surface area (Å²) in [6.45, 7) is 3.67. The van der Waals surface area contributed by atoms with Crippen molar-refractivity contribution in [2.24, 2.45) is 0 Å². The normalized spacial score (nSPS) is 11.2. The summed E-state index contributed by atoms with van der Waals surface area (Å²) in [5.41, 5.74) is 2.20. The van der Waals surface area contributed by atoms with Gasteiger partial charge in [0.15, 0.2) is 0 Å². The summed E-state index contributed by atoms with van der Waals surface area (Å²) in [5, 5.41) is 0. The van der Waals surface area contributed by atoms with E-state index in [0.717, 1.165) is 49.2 Å². The predicted molar refractivity (Wildman–Crippen MR) is 110 cm³/mol. The second-order valence-electron chi connectivity index (χ2n) is 7.24. The molecule has 26 heavy (non-hydrogen) atoms. The molecule has 142 valence electrons. The molecule has 6 nitrogen and oxygen atoms in total. The van der Waals surface area contributed by atoms with Gasteiger partial charge in [-0.15, -0.1) is 0 Å². The number of likely N-dealkylation sites (N-methyl/N-ethyl adjacent to an activating group) is 2. The second-order valence-corrected chi connectivity index (χ2v) is 7.24. The first kappa shape index (κ1) is 20.1. The first-order valence-corrected chi connectivity index (χ1v) is 8.98. The molecule has 2 aromatic rings. The summed E-state index contributed by atoms with van der Waals surface area (Å²) >= 11 is 0. The fourth-order valence-corrected chi connectivity index (χ4v) is 2.66. The maximum atomic E-state index is 4.69. The molecule has 0 radical (unpaired) electrons. The summed E-state index contributed by atoms with van der Waals surface area (Å²) in [7, 11) is 12.4. The SMILES string of the molecule is CN(CCN(C)Cc1cccc(N(C)C)n1)Cc1cccc(N(C)C)n1. The molecule has 0 saturated heterocycles. The lowest BCUT2D eigenvalue weighted by Crippen LogP contribution is -2.31. The zero-order valence-corrected chi connectivity index (χ0v) is 17.0. The number of nitrogens with zero attached hydrogens (tertiary/aromatic N) is 6. The van der Waals surface area contributed by atoms with Crippen LogP contribution < -0.4 is 9.80 Å². The van der Waals surface area contributed by atoms with Gasteiger partial charge in [0.1, 0.15) is 11.6 Å². The summed E-state index contributed by atoms with van der Waals surface area (Å²) < 4.78 is 0. The van der Waals surface area contributed by atoms with Crippen molar-refractivity contribution in [1.82, 2.24) is 19.8 Å². The maximum Gasteiger partial charge on any atom is 0.128 e. The molecule has 2 rings (SSSR count). The fraction of sp³-hybridized carbons (Fsp3) is 0.500. The van der Waals surface area contributed by atoms with Crippen molar-refractivity contribution < 1.29 is 0 Å². The van der Waals surface area contributed by atoms with Crippen LogP contribution in [-0.4, -0.2) is 75.1 Å². The van der Waals surface area contributed by atoms with Crippen LogP contribution in [-0.2, 0) is 13.1 Å². The van der Waals surface area contributed by atoms with E-state index in [1.54, 1.807) is 0 Å². The fourth-order valence-electron chi connectivity index (χ4n) is 2.66. The number of hydrogen-bond donors (Lipinski definition) is 0. The third-order valence-corrected chi connectivity index (χ3v) is 4.23. The van der Waals surface area contributed by atoms with Gasteiger partial charge in [0.25, 0.3) is 0 Å². The van der Waals surface area contributed by atoms with Gasteiger partial charge in [0, 0.05) is 54.4 Å². The highest BCUT2D eigenvalue weighted by molar-refractivity contribution is 5.37. The third-order valence-electron chi connectivity index (χ3n) is 4.23. The molecule has 0 bridgehead atoms. The largest absolute Gasteiger partial charge is 0.363 e. The Morgan fingerprint density at radius 2 is 1.00 bits per heavy atom. The van der Waals surface area contributed by atoms with E-state index < -0.39 is 0 Å². The van der Waals surface area contributed by atoms with E-state index in [1.807, 2.05) is 50.1 Å². The van der Waals surface area contributed by atoms with Crippen molar-refractivity contribution >= 4 is 11.6 Å². The highest BCUT2D eigenvalue weighted by Gasteiger charge is 2.07. The van der Waals surface area contributed by atoms with Crippen molar-refractivity contribution in [1.29, 1.82) is 0 Å². The average Bonchev–Trinajstić information content (AvgIpc) is 2.60. The Morgan fingerprint density at radius 1 is 0.615 bits per heavy atom. The Morgan fingerprint density at radius 3 is 1.35 bits per heavy atom. The monoisotopic (exact) mass is 356 g/mol. The number of hydrogen-bond acceptors (Lipinski definition) is 6. The number of anilines is 2. The van der Waals surface area contributed by atoms with E-state index in [-0.39, 0.29) is 0 Å². The first-order chi connectivity index (χ1) is 12.3. The van der Waals surface area contributed by atoms with E-state index in [4.69, 9.17) is 0 Å². The van der Waals surface area contributed by atoms with Crippen molar-refractivity contribution in [3.05, 3.63) is 47.8 Å². The second kappa shape index (κ2) is 9.50. The molecular formula is C20H32N6. The van der Waals surface area contributed by atoms with Gasteiger partial charge in [-0.25, -0.2) is 9.97 Å². The van der Waals surface area contributed by atoms with Crippen molar-refractivity contribution in [2.45, 2.75) is 13.1 Å². The molecule has 2 aromatic heterocycles. The lowest BCUT2D eigenvalue weighted by atomic mass is 10.3. The Bertz CT molecular complexity index is 626. The Hall–Kier alpha value is -2.18. The van der Waals surface area contributed by atoms with Crippen molar-refractivity contribution in [3.63, 3.8) is 0 Å². The first-order valence-electron chi connectivity index (χ1n) is 8.98. The van der Waals surface area contributed by atoms with Gasteiger partial charge < -0.3 is 9.80 Å². The van der Waals surface area contributed by atoms with Gasteiger partial charge in [0.2, 0.25) is 0 Å². The molecule has 0 aliphatic carbocycles. The van der Waals surface area contributed by atoms with Crippen LogP contribution in [0.15, 0.2) is 36.4 Å². The zero-order valence-electron chi connectivity index (χ0n) is 17.0. The molecule has 0 aromatic carbocycles. The number of rotatable bonds is 9. The minimum atomic E-state index is 0.851. The molecule has 0 aliphatic heterocycles. The van der Waals surface area contributed by atoms with Gasteiger partial charge in [-0.05, 0) is 38.4 Å². The van der Waals surface area contributed by atoms with Gasteiger partial charge in [-0.2, -0.15) is 0 Å². The molecule has 0 atom stereocenters. The van der Waals surface area contributed by atoms with Crippen LogP contribution >= 0.6 is 0 Å². The lowest BCUT2D eigenvalue weighted by molar-refractivity contribution is 0.244. The van der Waals surface area contributed by atoms with Gasteiger partial charge in [-0.3, -0.25) is 9.80 Å². The number of pyridine rings is 2. The van der Waals surface area contributed by atoms with Gasteiger partial charge in [-0.1, -0.05) is 12.1 Å². The summed E-state index contributed by atoms with van der Waals surface area (Å²) in [5.74, 6) is 2.00. The molecule has 0 aliphatic rings. The quantitative estimate of drug-likeness (QED) is 0.686. The van der Waals surface area contributed by atoms with E-state index in [2.05, 4.69) is 58.1 Å². The minimum absolute atomic E-state index is 0.851. The van der Waals surface area contributed by atoms with Crippen molar-refractivity contribution in [3.8, 4) is 0 Å². The predicted octanol–water partition coefficient (Wildman–Crippen LogP) is 2.17. The molecule has 0 amide bonds. The van der Waals surface area contributed by atoms with E-state index in [1.165, 1.54) is 0 Å². The minimum Gasteiger partial charge on any atom is -0.363 e. The van der Waals surface area contributed by atoms with E-state index >= 15 is 0 Å². The van der Waals surface area contributed by atoms with Crippen molar-refractivity contribution in [2.75, 3.05) is 65.2 Å². The van der Waals surface area contributed by atoms with E-state index in [0.29, 0.717) is 0 Å². The highest BCUT2D eigenvalue weighted by atomic mass is 15.2. The topological polar surface area (TPSA) is 38.7 Å². The van der Waals surface area contributed by atoms with E-state index in [9.17, 15) is 0 Å². The summed E-state index contributed by atoms with van der Waals surface area (Å²) in [4.78, 5) is 18.1. The summed E-state index contributed by atoms with van der Waals surface area (Å²) in [6, 6.07) is 12.4. The molecule has 0 spiro atoms. The van der Waals surface area contributed by atoms with Gasteiger partial charge >= 0.3 is 0 Å². The molecule has 6 heteroatoms. The number of aromatic nitrogens is 2. The smallest absolute Gasteiger partial charge is 0.128 e. The van der Waals surface area contributed by atoms with Crippen LogP contribution in [0, 0.1) is 0 Å².